The van der Waals surface area contributed by atoms with E-state index in [1.807, 2.05) is 0 Å². The normalized spacial score (nSPS) is 19.1. The summed E-state index contributed by atoms with van der Waals surface area (Å²) in [5.74, 6) is 1.80. The average Bonchev–Trinajstić information content (AvgIpc) is 2.78. The molecule has 0 radical (unpaired) electrons. The Hall–Kier alpha value is -0.940. The predicted molar refractivity (Wildman–Crippen MR) is 59.2 cm³/mol. The van der Waals surface area contributed by atoms with Gasteiger partial charge in [-0.2, -0.15) is 4.98 Å². The Balaban J connectivity index is 1.92. The van der Waals surface area contributed by atoms with Crippen LogP contribution in [0.25, 0.3) is 0 Å². The number of piperidine rings is 1. The molecule has 1 fully saturated rings. The number of nitrogens with zero attached hydrogens (tertiary/aromatic N) is 3. The molecule has 16 heavy (non-hydrogen) atoms. The Kier molecular flexibility index (Phi) is 3.90. The highest BCUT2D eigenvalue weighted by atomic mass is 16.5. The van der Waals surface area contributed by atoms with Gasteiger partial charge in [0.25, 0.3) is 0 Å². The maximum absolute atomic E-state index is 8.77. The molecular weight excluding hydrogens is 206 g/mol. The molecule has 5 nitrogen and oxygen atoms in total. The molecule has 0 aliphatic carbocycles. The van der Waals surface area contributed by atoms with Gasteiger partial charge in [-0.05, 0) is 32.5 Å². The second-order valence-corrected chi connectivity index (χ2v) is 4.23. The lowest BCUT2D eigenvalue weighted by atomic mass is 9.96. The molecule has 1 N–H and O–H groups in total. The molecule has 2 rings (SSSR count). The van der Waals surface area contributed by atoms with Gasteiger partial charge in [-0.3, -0.25) is 0 Å². The molecule has 0 unspecified atom stereocenters. The van der Waals surface area contributed by atoms with Gasteiger partial charge in [0.2, 0.25) is 5.89 Å². The van der Waals surface area contributed by atoms with E-state index in [9.17, 15) is 0 Å². The first kappa shape index (κ1) is 11.5. The molecule has 1 aromatic rings. The number of hydrogen-bond acceptors (Lipinski definition) is 5. The van der Waals surface area contributed by atoms with E-state index >= 15 is 0 Å². The Bertz CT molecular complexity index is 319. The predicted octanol–water partition coefficient (Wildman–Crippen LogP) is 0.804. The third kappa shape index (κ3) is 2.59. The first-order valence-electron chi connectivity index (χ1n) is 5.99. The molecular formula is C11H19N3O2. The second-order valence-electron chi connectivity index (χ2n) is 4.23. The first-order chi connectivity index (χ1) is 7.83. The van der Waals surface area contributed by atoms with E-state index < -0.39 is 0 Å². The fraction of sp³-hybridized carbons (Fsp3) is 0.818. The van der Waals surface area contributed by atoms with Crippen molar-refractivity contribution in [3.63, 3.8) is 0 Å². The zero-order chi connectivity index (χ0) is 11.4. The Morgan fingerprint density at radius 3 is 2.81 bits per heavy atom. The zero-order valence-electron chi connectivity index (χ0n) is 9.72. The molecule has 1 saturated heterocycles. The van der Waals surface area contributed by atoms with Gasteiger partial charge < -0.3 is 14.5 Å². The standard InChI is InChI=1S/C11H19N3O2/c1-2-14-6-3-9(4-7-14)11-12-10(5-8-15)16-13-11/h9,15H,2-8H2,1H3. The number of aliphatic hydroxyl groups excluding tert-OH is 1. The Morgan fingerprint density at radius 2 is 2.19 bits per heavy atom. The van der Waals surface area contributed by atoms with Gasteiger partial charge in [-0.25, -0.2) is 0 Å². The number of hydrogen-bond donors (Lipinski definition) is 1. The van der Waals surface area contributed by atoms with Crippen LogP contribution >= 0.6 is 0 Å². The Labute approximate surface area is 95.4 Å². The number of aliphatic hydroxyl groups is 1. The van der Waals surface area contributed by atoms with Gasteiger partial charge in [0.15, 0.2) is 5.82 Å². The second kappa shape index (κ2) is 5.41. The van der Waals surface area contributed by atoms with Crippen molar-refractivity contribution in [3.05, 3.63) is 11.7 Å². The molecule has 90 valence electrons. The highest BCUT2D eigenvalue weighted by Gasteiger charge is 2.23. The summed E-state index contributed by atoms with van der Waals surface area (Å²) in [7, 11) is 0. The van der Waals surface area contributed by atoms with Crippen LogP contribution in [0.1, 0.15) is 37.4 Å². The van der Waals surface area contributed by atoms with Crippen molar-refractivity contribution in [2.45, 2.75) is 32.1 Å². The smallest absolute Gasteiger partial charge is 0.228 e. The van der Waals surface area contributed by atoms with Crippen molar-refractivity contribution in [1.82, 2.24) is 15.0 Å². The fourth-order valence-corrected chi connectivity index (χ4v) is 2.14. The first-order valence-corrected chi connectivity index (χ1v) is 5.99. The van der Waals surface area contributed by atoms with Gasteiger partial charge >= 0.3 is 0 Å². The molecule has 0 amide bonds. The SMILES string of the molecule is CCN1CCC(c2noc(CCO)n2)CC1. The zero-order valence-corrected chi connectivity index (χ0v) is 9.72. The van der Waals surface area contributed by atoms with Crippen molar-refractivity contribution in [1.29, 1.82) is 0 Å². The van der Waals surface area contributed by atoms with Crippen molar-refractivity contribution in [2.24, 2.45) is 0 Å². The maximum atomic E-state index is 8.77. The van der Waals surface area contributed by atoms with Crippen LogP contribution in [-0.2, 0) is 6.42 Å². The van der Waals surface area contributed by atoms with Crippen LogP contribution in [0.4, 0.5) is 0 Å². The van der Waals surface area contributed by atoms with Crippen LogP contribution in [0, 0.1) is 0 Å². The van der Waals surface area contributed by atoms with E-state index in [1.165, 1.54) is 0 Å². The minimum absolute atomic E-state index is 0.0654. The summed E-state index contributed by atoms with van der Waals surface area (Å²) in [4.78, 5) is 6.75. The topological polar surface area (TPSA) is 62.4 Å². The summed E-state index contributed by atoms with van der Waals surface area (Å²) in [5, 5.41) is 12.8. The molecule has 5 heteroatoms. The molecule has 0 bridgehead atoms. The van der Waals surface area contributed by atoms with E-state index in [1.54, 1.807) is 0 Å². The van der Waals surface area contributed by atoms with E-state index in [4.69, 9.17) is 9.63 Å². The lowest BCUT2D eigenvalue weighted by Crippen LogP contribution is -2.32. The van der Waals surface area contributed by atoms with Crippen molar-refractivity contribution in [2.75, 3.05) is 26.2 Å². The summed E-state index contributed by atoms with van der Waals surface area (Å²) in [6, 6.07) is 0. The molecule has 2 heterocycles. The van der Waals surface area contributed by atoms with Gasteiger partial charge in [0, 0.05) is 5.92 Å². The van der Waals surface area contributed by atoms with E-state index in [0.29, 0.717) is 18.2 Å². The van der Waals surface area contributed by atoms with Gasteiger partial charge in [-0.15, -0.1) is 0 Å². The summed E-state index contributed by atoms with van der Waals surface area (Å²) in [5.41, 5.74) is 0. The van der Waals surface area contributed by atoms with Crippen LogP contribution < -0.4 is 0 Å². The summed E-state index contributed by atoms with van der Waals surface area (Å²) in [6.07, 6.45) is 2.67. The summed E-state index contributed by atoms with van der Waals surface area (Å²) in [6.45, 7) is 5.61. The monoisotopic (exact) mass is 225 g/mol. The van der Waals surface area contributed by atoms with Crippen molar-refractivity contribution < 1.29 is 9.63 Å². The lowest BCUT2D eigenvalue weighted by molar-refractivity contribution is 0.217. The minimum Gasteiger partial charge on any atom is -0.396 e. The maximum Gasteiger partial charge on any atom is 0.228 e. The molecule has 0 aromatic carbocycles. The Morgan fingerprint density at radius 1 is 1.44 bits per heavy atom. The van der Waals surface area contributed by atoms with Crippen LogP contribution in [0.15, 0.2) is 4.52 Å². The largest absolute Gasteiger partial charge is 0.396 e. The van der Waals surface area contributed by atoms with Crippen LogP contribution in [0.2, 0.25) is 0 Å². The summed E-state index contributed by atoms with van der Waals surface area (Å²) < 4.78 is 5.08. The molecule has 0 atom stereocenters. The number of rotatable bonds is 4. The minimum atomic E-state index is 0.0654. The fourth-order valence-electron chi connectivity index (χ4n) is 2.14. The third-order valence-electron chi connectivity index (χ3n) is 3.21. The van der Waals surface area contributed by atoms with Crippen molar-refractivity contribution >= 4 is 0 Å². The van der Waals surface area contributed by atoms with Gasteiger partial charge in [0.05, 0.1) is 13.0 Å². The molecule has 1 aromatic heterocycles. The van der Waals surface area contributed by atoms with Crippen LogP contribution in [-0.4, -0.2) is 46.4 Å². The molecule has 1 aliphatic rings. The van der Waals surface area contributed by atoms with Crippen molar-refractivity contribution in [3.8, 4) is 0 Å². The van der Waals surface area contributed by atoms with E-state index in [-0.39, 0.29) is 6.61 Å². The molecule has 0 spiro atoms. The quantitative estimate of drug-likeness (QED) is 0.821. The number of likely N-dealkylation sites (tertiary alicyclic amines) is 1. The van der Waals surface area contributed by atoms with Crippen LogP contribution in [0.5, 0.6) is 0 Å². The highest BCUT2D eigenvalue weighted by molar-refractivity contribution is 4.98. The molecule has 1 aliphatic heterocycles. The summed E-state index contributed by atoms with van der Waals surface area (Å²) >= 11 is 0. The van der Waals surface area contributed by atoms with Gasteiger partial charge in [-0.1, -0.05) is 12.1 Å². The number of aromatic nitrogens is 2. The van der Waals surface area contributed by atoms with Crippen LogP contribution in [0.3, 0.4) is 0 Å². The van der Waals surface area contributed by atoms with Gasteiger partial charge in [0.1, 0.15) is 0 Å². The highest BCUT2D eigenvalue weighted by Crippen LogP contribution is 2.25. The average molecular weight is 225 g/mol. The van der Waals surface area contributed by atoms with E-state index in [0.717, 1.165) is 38.3 Å². The molecule has 0 saturated carbocycles. The lowest BCUT2D eigenvalue weighted by Gasteiger charge is -2.29. The van der Waals surface area contributed by atoms with E-state index in [2.05, 4.69) is 22.0 Å². The third-order valence-corrected chi connectivity index (χ3v) is 3.21.